The van der Waals surface area contributed by atoms with Crippen molar-refractivity contribution >= 4 is 11.6 Å². The lowest BCUT2D eigenvalue weighted by Crippen LogP contribution is -1.95. The third-order valence-corrected chi connectivity index (χ3v) is 1.94. The van der Waals surface area contributed by atoms with Gasteiger partial charge in [0.05, 0.1) is 12.8 Å². The maximum Gasteiger partial charge on any atom is 0.241 e. The molecule has 0 bridgehead atoms. The molecule has 76 valence electrons. The fraction of sp³-hybridized carbons (Fsp3) is 0.111. The van der Waals surface area contributed by atoms with Crippen LogP contribution in [0.25, 0.3) is 11.4 Å². The van der Waals surface area contributed by atoms with Crippen LogP contribution in [0.2, 0.25) is 5.15 Å². The Morgan fingerprint density at radius 1 is 1.13 bits per heavy atom. The quantitative estimate of drug-likeness (QED) is 0.723. The van der Waals surface area contributed by atoms with Gasteiger partial charge in [-0.25, -0.2) is 19.9 Å². The number of halogens is 1. The Labute approximate surface area is 91.1 Å². The number of hydrogen-bond donors (Lipinski definition) is 0. The summed E-state index contributed by atoms with van der Waals surface area (Å²) >= 11 is 5.75. The average Bonchev–Trinajstić information content (AvgIpc) is 2.29. The van der Waals surface area contributed by atoms with E-state index in [1.807, 2.05) is 0 Å². The summed E-state index contributed by atoms with van der Waals surface area (Å²) in [6.45, 7) is 0. The molecule has 0 radical (unpaired) electrons. The lowest BCUT2D eigenvalue weighted by atomic mass is 10.3. The summed E-state index contributed by atoms with van der Waals surface area (Å²) in [5.41, 5.74) is 1.13. The Kier molecular flexibility index (Phi) is 2.73. The second-order valence-electron chi connectivity index (χ2n) is 2.64. The summed E-state index contributed by atoms with van der Waals surface area (Å²) in [6, 6.07) is 1.61. The molecule has 0 aliphatic carbocycles. The third kappa shape index (κ3) is 2.02. The number of ether oxygens (including phenoxy) is 1. The van der Waals surface area contributed by atoms with E-state index in [0.717, 1.165) is 0 Å². The Hall–Kier alpha value is -1.75. The van der Waals surface area contributed by atoms with Crippen molar-refractivity contribution in [2.75, 3.05) is 7.11 Å². The van der Waals surface area contributed by atoms with Gasteiger partial charge in [-0.05, 0) is 0 Å². The van der Waals surface area contributed by atoms with E-state index < -0.39 is 0 Å². The van der Waals surface area contributed by atoms with Gasteiger partial charge in [0.2, 0.25) is 5.88 Å². The van der Waals surface area contributed by atoms with Gasteiger partial charge in [0, 0.05) is 18.5 Å². The molecule has 0 fully saturated rings. The lowest BCUT2D eigenvalue weighted by molar-refractivity contribution is 0.397. The van der Waals surface area contributed by atoms with Crippen molar-refractivity contribution in [3.63, 3.8) is 0 Å². The van der Waals surface area contributed by atoms with Crippen LogP contribution in [0.4, 0.5) is 0 Å². The van der Waals surface area contributed by atoms with Crippen LogP contribution in [-0.4, -0.2) is 27.0 Å². The molecular formula is C9H7ClN4O. The van der Waals surface area contributed by atoms with Crippen molar-refractivity contribution in [2.45, 2.75) is 0 Å². The molecule has 0 spiro atoms. The smallest absolute Gasteiger partial charge is 0.241 e. The summed E-state index contributed by atoms with van der Waals surface area (Å²) in [5.74, 6) is 0.410. The molecule has 0 aliphatic heterocycles. The van der Waals surface area contributed by atoms with Crippen molar-refractivity contribution in [1.29, 1.82) is 0 Å². The minimum atomic E-state index is 0.354. The predicted molar refractivity (Wildman–Crippen MR) is 54.6 cm³/mol. The molecule has 0 saturated heterocycles. The van der Waals surface area contributed by atoms with E-state index >= 15 is 0 Å². The van der Waals surface area contributed by atoms with Gasteiger partial charge in [-0.3, -0.25) is 0 Å². The predicted octanol–water partition coefficient (Wildman–Crippen LogP) is 1.60. The second-order valence-corrected chi connectivity index (χ2v) is 3.03. The van der Waals surface area contributed by atoms with E-state index in [2.05, 4.69) is 19.9 Å². The maximum atomic E-state index is 5.75. The zero-order chi connectivity index (χ0) is 10.7. The molecule has 0 amide bonds. The number of methoxy groups -OCH3 is 1. The van der Waals surface area contributed by atoms with Crippen molar-refractivity contribution in [3.8, 4) is 17.3 Å². The Morgan fingerprint density at radius 3 is 2.67 bits per heavy atom. The molecule has 2 rings (SSSR count). The summed E-state index contributed by atoms with van der Waals surface area (Å²) in [7, 11) is 1.52. The zero-order valence-electron chi connectivity index (χ0n) is 7.88. The molecule has 2 aromatic rings. The van der Waals surface area contributed by atoms with Gasteiger partial charge in [-0.15, -0.1) is 0 Å². The van der Waals surface area contributed by atoms with Crippen molar-refractivity contribution in [2.24, 2.45) is 0 Å². The van der Waals surface area contributed by atoms with Crippen molar-refractivity contribution in [3.05, 3.63) is 29.9 Å². The van der Waals surface area contributed by atoms with Gasteiger partial charge in [-0.1, -0.05) is 11.6 Å². The molecule has 0 aromatic carbocycles. The topological polar surface area (TPSA) is 60.8 Å². The van der Waals surface area contributed by atoms with E-state index in [-0.39, 0.29) is 0 Å². The Morgan fingerprint density at radius 2 is 1.93 bits per heavy atom. The standard InChI is InChI=1S/C9H7ClN4O/c1-15-9-8(11-2-3-12-9)6-4-7(10)14-5-13-6/h2-5H,1H3. The molecule has 0 atom stereocenters. The van der Waals surface area contributed by atoms with Crippen LogP contribution in [0, 0.1) is 0 Å². The van der Waals surface area contributed by atoms with Crippen LogP contribution < -0.4 is 4.74 Å². The van der Waals surface area contributed by atoms with Crippen molar-refractivity contribution in [1.82, 2.24) is 19.9 Å². The summed E-state index contributed by atoms with van der Waals surface area (Å²) < 4.78 is 5.06. The van der Waals surface area contributed by atoms with Crippen LogP contribution in [0.15, 0.2) is 24.8 Å². The van der Waals surface area contributed by atoms with Gasteiger partial charge in [0.15, 0.2) is 5.69 Å². The van der Waals surface area contributed by atoms with E-state index in [9.17, 15) is 0 Å². The van der Waals surface area contributed by atoms with Gasteiger partial charge < -0.3 is 4.74 Å². The first-order valence-corrected chi connectivity index (χ1v) is 4.52. The largest absolute Gasteiger partial charge is 0.479 e. The molecule has 15 heavy (non-hydrogen) atoms. The lowest BCUT2D eigenvalue weighted by Gasteiger charge is -2.04. The van der Waals surface area contributed by atoms with Crippen molar-refractivity contribution < 1.29 is 4.74 Å². The number of rotatable bonds is 2. The molecule has 2 aromatic heterocycles. The molecule has 0 saturated carbocycles. The Balaban J connectivity index is 2.53. The molecular weight excluding hydrogens is 216 g/mol. The molecule has 2 heterocycles. The normalized spacial score (nSPS) is 10.0. The maximum absolute atomic E-state index is 5.75. The van der Waals surface area contributed by atoms with Crippen LogP contribution in [0.1, 0.15) is 0 Å². The highest BCUT2D eigenvalue weighted by Crippen LogP contribution is 2.23. The minimum Gasteiger partial charge on any atom is -0.479 e. The molecule has 0 aliphatic rings. The minimum absolute atomic E-state index is 0.354. The van der Waals surface area contributed by atoms with E-state index in [4.69, 9.17) is 16.3 Å². The van der Waals surface area contributed by atoms with E-state index in [1.165, 1.54) is 13.4 Å². The average molecular weight is 223 g/mol. The molecule has 5 nitrogen and oxygen atoms in total. The SMILES string of the molecule is COc1nccnc1-c1cc(Cl)ncn1. The Bertz CT molecular complexity index is 477. The first kappa shape index (κ1) is 9.79. The van der Waals surface area contributed by atoms with Gasteiger partial charge in [0.25, 0.3) is 0 Å². The molecule has 0 unspecified atom stereocenters. The first-order chi connectivity index (χ1) is 7.31. The molecule has 0 N–H and O–H groups in total. The molecule has 6 heteroatoms. The van der Waals surface area contributed by atoms with Gasteiger partial charge in [0.1, 0.15) is 11.5 Å². The van der Waals surface area contributed by atoms with E-state index in [1.54, 1.807) is 18.5 Å². The van der Waals surface area contributed by atoms with E-state index in [0.29, 0.717) is 22.4 Å². The number of nitrogens with zero attached hydrogens (tertiary/aromatic N) is 4. The highest BCUT2D eigenvalue weighted by molar-refractivity contribution is 6.29. The second kappa shape index (κ2) is 4.18. The third-order valence-electron chi connectivity index (χ3n) is 1.73. The number of aromatic nitrogens is 4. The first-order valence-electron chi connectivity index (χ1n) is 4.14. The van der Waals surface area contributed by atoms with Gasteiger partial charge in [-0.2, -0.15) is 0 Å². The highest BCUT2D eigenvalue weighted by Gasteiger charge is 2.09. The highest BCUT2D eigenvalue weighted by atomic mass is 35.5. The summed E-state index contributed by atoms with van der Waals surface area (Å²) in [6.07, 6.45) is 4.48. The van der Waals surface area contributed by atoms with Crippen LogP contribution >= 0.6 is 11.6 Å². The fourth-order valence-electron chi connectivity index (χ4n) is 1.11. The van der Waals surface area contributed by atoms with Crippen LogP contribution in [-0.2, 0) is 0 Å². The van der Waals surface area contributed by atoms with Crippen LogP contribution in [0.3, 0.4) is 0 Å². The summed E-state index contributed by atoms with van der Waals surface area (Å²) in [4.78, 5) is 16.0. The zero-order valence-corrected chi connectivity index (χ0v) is 8.64. The van der Waals surface area contributed by atoms with Crippen LogP contribution in [0.5, 0.6) is 5.88 Å². The monoisotopic (exact) mass is 222 g/mol. The number of hydrogen-bond acceptors (Lipinski definition) is 5. The fourth-order valence-corrected chi connectivity index (χ4v) is 1.26. The van der Waals surface area contributed by atoms with Gasteiger partial charge >= 0.3 is 0 Å². The summed E-state index contributed by atoms with van der Waals surface area (Å²) in [5, 5.41) is 0.354.